The predicted molar refractivity (Wildman–Crippen MR) is 96.5 cm³/mol. The van der Waals surface area contributed by atoms with Crippen LogP contribution >= 0.6 is 11.6 Å². The molecule has 1 aliphatic rings. The van der Waals surface area contributed by atoms with Crippen LogP contribution in [0, 0.1) is 11.8 Å². The molecule has 0 amide bonds. The van der Waals surface area contributed by atoms with Gasteiger partial charge in [0.15, 0.2) is 0 Å². The summed E-state index contributed by atoms with van der Waals surface area (Å²) in [6.45, 7) is 2.23. The maximum atomic E-state index is 12.3. The van der Waals surface area contributed by atoms with Gasteiger partial charge in [-0.3, -0.25) is 9.59 Å². The topological polar surface area (TPSA) is 43.4 Å². The molecule has 3 nitrogen and oxygen atoms in total. The molecule has 0 atom stereocenters. The minimum atomic E-state index is -0.509. The van der Waals surface area contributed by atoms with Crippen molar-refractivity contribution in [3.8, 4) is 5.75 Å². The summed E-state index contributed by atoms with van der Waals surface area (Å²) in [6.07, 6.45) is 10.7. The first kappa shape index (κ1) is 19.0. The van der Waals surface area contributed by atoms with Crippen molar-refractivity contribution < 1.29 is 14.3 Å². The lowest BCUT2D eigenvalue weighted by Gasteiger charge is -2.27. The maximum Gasteiger partial charge on any atom is 0.314 e. The third-order valence-electron chi connectivity index (χ3n) is 4.95. The highest BCUT2D eigenvalue weighted by atomic mass is 35.5. The number of benzene rings is 1. The molecule has 2 rings (SSSR count). The Bertz CT molecular complexity index is 530. The average Bonchev–Trinajstić information content (AvgIpc) is 2.59. The van der Waals surface area contributed by atoms with Crippen LogP contribution in [0.15, 0.2) is 24.3 Å². The summed E-state index contributed by atoms with van der Waals surface area (Å²) in [5.41, 5.74) is 0.403. The molecule has 0 aliphatic heterocycles. The normalized spacial score (nSPS) is 20.6. The van der Waals surface area contributed by atoms with Gasteiger partial charge in [-0.25, -0.2) is 0 Å². The molecule has 132 valence electrons. The van der Waals surface area contributed by atoms with Crippen molar-refractivity contribution in [2.75, 3.05) is 0 Å². The first-order chi connectivity index (χ1) is 11.6. The third kappa shape index (κ3) is 5.94. The molecule has 0 aromatic heterocycles. The van der Waals surface area contributed by atoms with Gasteiger partial charge in [-0.05, 0) is 67.5 Å². The molecule has 1 aromatic carbocycles. The van der Waals surface area contributed by atoms with Gasteiger partial charge in [-0.1, -0.05) is 39.0 Å². The quantitative estimate of drug-likeness (QED) is 0.259. The van der Waals surface area contributed by atoms with Crippen molar-refractivity contribution in [2.45, 2.75) is 64.7 Å². The fourth-order valence-corrected chi connectivity index (χ4v) is 3.53. The van der Waals surface area contributed by atoms with Gasteiger partial charge in [0.25, 0.3) is 5.24 Å². The molecule has 4 heteroatoms. The first-order valence-electron chi connectivity index (χ1n) is 9.11. The first-order valence-corrected chi connectivity index (χ1v) is 9.49. The number of esters is 1. The van der Waals surface area contributed by atoms with Gasteiger partial charge in [0.05, 0.1) is 5.92 Å². The lowest BCUT2D eigenvalue weighted by atomic mass is 9.80. The zero-order chi connectivity index (χ0) is 17.4. The number of ether oxygens (including phenoxy) is 1. The molecule has 1 aliphatic carbocycles. The van der Waals surface area contributed by atoms with Crippen LogP contribution in [-0.4, -0.2) is 11.2 Å². The van der Waals surface area contributed by atoms with Crippen molar-refractivity contribution in [2.24, 2.45) is 11.8 Å². The number of carbonyl (C=O) groups is 2. The van der Waals surface area contributed by atoms with E-state index >= 15 is 0 Å². The van der Waals surface area contributed by atoms with E-state index in [0.717, 1.165) is 31.6 Å². The highest BCUT2D eigenvalue weighted by Gasteiger charge is 2.27. The second-order valence-corrected chi connectivity index (χ2v) is 7.13. The summed E-state index contributed by atoms with van der Waals surface area (Å²) in [7, 11) is 0. The van der Waals surface area contributed by atoms with E-state index < -0.39 is 5.24 Å². The summed E-state index contributed by atoms with van der Waals surface area (Å²) in [5.74, 6) is 1.11. The Labute approximate surface area is 149 Å². The molecule has 0 bridgehead atoms. The standard InChI is InChI=1S/C20H27ClO3/c1-2-3-4-5-6-15-7-9-17(10-8-15)20(23)24-18-13-11-16(12-14-18)19(21)22/h11-15,17H,2-10H2,1H3/t15-,17-. The SMILES string of the molecule is CCCCCC[C@H]1CC[C@H](C(=O)Oc2ccc(C(=O)Cl)cc2)CC1. The average molecular weight is 351 g/mol. The molecule has 1 saturated carbocycles. The smallest absolute Gasteiger partial charge is 0.314 e. The van der Waals surface area contributed by atoms with Gasteiger partial charge in [-0.2, -0.15) is 0 Å². The van der Waals surface area contributed by atoms with E-state index in [1.54, 1.807) is 24.3 Å². The number of hydrogen-bond donors (Lipinski definition) is 0. The van der Waals surface area contributed by atoms with Crippen LogP contribution in [0.3, 0.4) is 0 Å². The summed E-state index contributed by atoms with van der Waals surface area (Å²) in [6, 6.07) is 6.38. The fourth-order valence-electron chi connectivity index (χ4n) is 3.40. The van der Waals surface area contributed by atoms with Gasteiger partial charge < -0.3 is 4.74 Å². The lowest BCUT2D eigenvalue weighted by molar-refractivity contribution is -0.140. The van der Waals surface area contributed by atoms with E-state index in [4.69, 9.17) is 16.3 Å². The molecule has 0 unspecified atom stereocenters. The van der Waals surface area contributed by atoms with Crippen LogP contribution in [0.4, 0.5) is 0 Å². The molecule has 24 heavy (non-hydrogen) atoms. The molecule has 0 heterocycles. The van der Waals surface area contributed by atoms with Gasteiger partial charge >= 0.3 is 5.97 Å². The summed E-state index contributed by atoms with van der Waals surface area (Å²) in [5, 5.41) is -0.509. The van der Waals surface area contributed by atoms with E-state index in [1.807, 2.05) is 0 Å². The molecule has 0 saturated heterocycles. The lowest BCUT2D eigenvalue weighted by Crippen LogP contribution is -2.25. The second kappa shape index (κ2) is 9.83. The number of halogens is 1. The van der Waals surface area contributed by atoms with Crippen LogP contribution in [0.1, 0.15) is 75.1 Å². The van der Waals surface area contributed by atoms with E-state index in [9.17, 15) is 9.59 Å². The maximum absolute atomic E-state index is 12.3. The van der Waals surface area contributed by atoms with Crippen molar-refractivity contribution in [3.05, 3.63) is 29.8 Å². The van der Waals surface area contributed by atoms with Gasteiger partial charge in [0.2, 0.25) is 0 Å². The Hall–Kier alpha value is -1.35. The largest absolute Gasteiger partial charge is 0.426 e. The van der Waals surface area contributed by atoms with Crippen molar-refractivity contribution >= 4 is 22.8 Å². The molecular formula is C20H27ClO3. The highest BCUT2D eigenvalue weighted by molar-refractivity contribution is 6.67. The molecule has 1 fully saturated rings. The molecule has 0 N–H and O–H groups in total. The highest BCUT2D eigenvalue weighted by Crippen LogP contribution is 2.33. The van der Waals surface area contributed by atoms with Gasteiger partial charge in [-0.15, -0.1) is 0 Å². The van der Waals surface area contributed by atoms with Crippen LogP contribution in [0.25, 0.3) is 0 Å². The zero-order valence-corrected chi connectivity index (χ0v) is 15.2. The second-order valence-electron chi connectivity index (χ2n) is 6.79. The predicted octanol–water partition coefficient (Wildman–Crippen LogP) is 5.75. The Morgan fingerprint density at radius 2 is 1.71 bits per heavy atom. The molecular weight excluding hydrogens is 324 g/mol. The number of hydrogen-bond acceptors (Lipinski definition) is 3. The fraction of sp³-hybridized carbons (Fsp3) is 0.600. The van der Waals surface area contributed by atoms with Crippen LogP contribution in [0.5, 0.6) is 5.75 Å². The van der Waals surface area contributed by atoms with Gasteiger partial charge in [0, 0.05) is 5.56 Å². The Morgan fingerprint density at radius 3 is 2.29 bits per heavy atom. The van der Waals surface area contributed by atoms with Crippen molar-refractivity contribution in [1.82, 2.24) is 0 Å². The summed E-state index contributed by atoms with van der Waals surface area (Å²) >= 11 is 5.40. The number of unbranched alkanes of at least 4 members (excludes halogenated alkanes) is 3. The number of carbonyl (C=O) groups excluding carboxylic acids is 2. The van der Waals surface area contributed by atoms with E-state index in [0.29, 0.717) is 11.3 Å². The number of rotatable bonds is 8. The van der Waals surface area contributed by atoms with Crippen LogP contribution < -0.4 is 4.74 Å². The monoisotopic (exact) mass is 350 g/mol. The summed E-state index contributed by atoms with van der Waals surface area (Å²) in [4.78, 5) is 23.3. The Kier molecular flexibility index (Phi) is 7.77. The van der Waals surface area contributed by atoms with Crippen LogP contribution in [0.2, 0.25) is 0 Å². The van der Waals surface area contributed by atoms with Crippen molar-refractivity contribution in [3.63, 3.8) is 0 Å². The zero-order valence-electron chi connectivity index (χ0n) is 14.4. The minimum absolute atomic E-state index is 0.00577. The molecule has 0 radical (unpaired) electrons. The molecule has 0 spiro atoms. The Morgan fingerprint density at radius 1 is 1.04 bits per heavy atom. The van der Waals surface area contributed by atoms with E-state index in [-0.39, 0.29) is 11.9 Å². The minimum Gasteiger partial charge on any atom is -0.426 e. The van der Waals surface area contributed by atoms with Crippen molar-refractivity contribution in [1.29, 1.82) is 0 Å². The third-order valence-corrected chi connectivity index (χ3v) is 5.16. The Balaban J connectivity index is 1.73. The van der Waals surface area contributed by atoms with Gasteiger partial charge in [0.1, 0.15) is 5.75 Å². The van der Waals surface area contributed by atoms with E-state index in [1.165, 1.54) is 32.1 Å². The summed E-state index contributed by atoms with van der Waals surface area (Å²) < 4.78 is 5.44. The molecule has 1 aromatic rings. The van der Waals surface area contributed by atoms with Crippen LogP contribution in [-0.2, 0) is 4.79 Å². The van der Waals surface area contributed by atoms with E-state index in [2.05, 4.69) is 6.92 Å².